The van der Waals surface area contributed by atoms with Crippen LogP contribution in [0.3, 0.4) is 0 Å². The maximum atomic E-state index is 12.8. The predicted octanol–water partition coefficient (Wildman–Crippen LogP) is 1.74. The number of nitrogens with zero attached hydrogens (tertiary/aromatic N) is 2. The second-order valence-electron chi connectivity index (χ2n) is 6.38. The summed E-state index contributed by atoms with van der Waals surface area (Å²) in [5.74, 6) is 0.614. The van der Waals surface area contributed by atoms with Crippen LogP contribution in [-0.2, 0) is 0 Å². The Labute approximate surface area is 134 Å². The normalized spacial score (nSPS) is 17.0. The third-order valence-corrected chi connectivity index (χ3v) is 4.73. The van der Waals surface area contributed by atoms with Gasteiger partial charge < -0.3 is 14.6 Å². The second kappa shape index (κ2) is 6.20. The number of likely N-dealkylation sites (tertiary alicyclic amines) is 1. The molecular formula is C17H23N3O3. The number of benzene rings is 1. The quantitative estimate of drug-likeness (QED) is 0.936. The number of piperidine rings is 1. The number of aromatic nitrogens is 2. The lowest BCUT2D eigenvalue weighted by atomic mass is 10.0. The molecule has 0 saturated carbocycles. The lowest BCUT2D eigenvalue weighted by Gasteiger charge is -2.34. The zero-order valence-corrected chi connectivity index (χ0v) is 13.8. The summed E-state index contributed by atoms with van der Waals surface area (Å²) in [6, 6.07) is 5.59. The van der Waals surface area contributed by atoms with Crippen molar-refractivity contribution in [1.82, 2.24) is 14.5 Å². The van der Waals surface area contributed by atoms with Gasteiger partial charge in [0.2, 0.25) is 0 Å². The molecule has 23 heavy (non-hydrogen) atoms. The molecule has 0 aliphatic carbocycles. The number of hydrogen-bond donors (Lipinski definition) is 1. The van der Waals surface area contributed by atoms with Crippen LogP contribution in [0.15, 0.2) is 27.8 Å². The molecule has 0 atom stereocenters. The molecule has 0 bridgehead atoms. The molecule has 0 radical (unpaired) electrons. The van der Waals surface area contributed by atoms with Crippen molar-refractivity contribution in [3.8, 4) is 5.75 Å². The summed E-state index contributed by atoms with van der Waals surface area (Å²) in [6.07, 6.45) is 1.63. The molecule has 0 spiro atoms. The molecule has 124 valence electrons. The van der Waals surface area contributed by atoms with Crippen LogP contribution in [0.4, 0.5) is 0 Å². The van der Waals surface area contributed by atoms with Crippen molar-refractivity contribution in [3.63, 3.8) is 0 Å². The van der Waals surface area contributed by atoms with Crippen LogP contribution in [0.2, 0.25) is 0 Å². The van der Waals surface area contributed by atoms with Gasteiger partial charge in [-0.25, -0.2) is 4.79 Å². The van der Waals surface area contributed by atoms with Crippen LogP contribution in [0, 0.1) is 0 Å². The highest BCUT2D eigenvalue weighted by Crippen LogP contribution is 2.22. The minimum atomic E-state index is -0.323. The van der Waals surface area contributed by atoms with Gasteiger partial charge in [-0.15, -0.1) is 0 Å². The Balaban J connectivity index is 2.01. The molecule has 1 fully saturated rings. The van der Waals surface area contributed by atoms with E-state index in [1.54, 1.807) is 25.3 Å². The number of H-pyrrole nitrogens is 1. The van der Waals surface area contributed by atoms with Crippen molar-refractivity contribution >= 4 is 10.9 Å². The Hall–Kier alpha value is -2.08. The second-order valence-corrected chi connectivity index (χ2v) is 6.38. The van der Waals surface area contributed by atoms with Crippen LogP contribution in [0.5, 0.6) is 5.75 Å². The molecule has 1 aliphatic rings. The fourth-order valence-electron chi connectivity index (χ4n) is 3.33. The molecule has 0 amide bonds. The van der Waals surface area contributed by atoms with Gasteiger partial charge in [0.1, 0.15) is 5.75 Å². The molecule has 6 heteroatoms. The standard InChI is InChI=1S/C17H23N3O3/c1-11(2)19-8-6-12(7-9-19)20-16(21)14-10-13(23-3)4-5-15(14)18-17(20)22/h4-5,10-12H,6-9H2,1-3H3,(H,18,22). The van der Waals surface area contributed by atoms with Gasteiger partial charge in [0, 0.05) is 25.2 Å². The van der Waals surface area contributed by atoms with E-state index in [0.29, 0.717) is 22.7 Å². The van der Waals surface area contributed by atoms with E-state index in [9.17, 15) is 9.59 Å². The zero-order chi connectivity index (χ0) is 16.6. The number of hydrogen-bond acceptors (Lipinski definition) is 4. The molecule has 1 N–H and O–H groups in total. The maximum Gasteiger partial charge on any atom is 0.329 e. The minimum Gasteiger partial charge on any atom is -0.497 e. The number of fused-ring (bicyclic) bond motifs is 1. The van der Waals surface area contributed by atoms with Crippen molar-refractivity contribution in [2.24, 2.45) is 0 Å². The maximum absolute atomic E-state index is 12.8. The first-order valence-corrected chi connectivity index (χ1v) is 8.08. The summed E-state index contributed by atoms with van der Waals surface area (Å²) in [5.41, 5.74) is -0.00187. The first kappa shape index (κ1) is 15.8. The van der Waals surface area contributed by atoms with Gasteiger partial charge in [-0.2, -0.15) is 0 Å². The van der Waals surface area contributed by atoms with Crippen molar-refractivity contribution in [2.45, 2.75) is 38.8 Å². The topological polar surface area (TPSA) is 67.3 Å². The lowest BCUT2D eigenvalue weighted by molar-refractivity contribution is 0.149. The molecule has 6 nitrogen and oxygen atoms in total. The third-order valence-electron chi connectivity index (χ3n) is 4.73. The number of rotatable bonds is 3. The monoisotopic (exact) mass is 317 g/mol. The van der Waals surface area contributed by atoms with E-state index in [0.717, 1.165) is 25.9 Å². The fraction of sp³-hybridized carbons (Fsp3) is 0.529. The zero-order valence-electron chi connectivity index (χ0n) is 13.8. The molecular weight excluding hydrogens is 294 g/mol. The van der Waals surface area contributed by atoms with Gasteiger partial charge in [0.15, 0.2) is 0 Å². The molecule has 2 heterocycles. The van der Waals surface area contributed by atoms with Crippen LogP contribution < -0.4 is 16.0 Å². The largest absolute Gasteiger partial charge is 0.497 e. The van der Waals surface area contributed by atoms with Crippen LogP contribution in [0.25, 0.3) is 10.9 Å². The highest BCUT2D eigenvalue weighted by atomic mass is 16.5. The van der Waals surface area contributed by atoms with Crippen LogP contribution >= 0.6 is 0 Å². The molecule has 1 aromatic heterocycles. The van der Waals surface area contributed by atoms with Crippen LogP contribution in [-0.4, -0.2) is 40.7 Å². The summed E-state index contributed by atoms with van der Waals surface area (Å²) in [4.78, 5) is 30.4. The van der Waals surface area contributed by atoms with Gasteiger partial charge in [-0.1, -0.05) is 0 Å². The predicted molar refractivity (Wildman–Crippen MR) is 90.4 cm³/mol. The fourth-order valence-corrected chi connectivity index (χ4v) is 3.33. The molecule has 3 rings (SSSR count). The molecule has 1 saturated heterocycles. The van der Waals surface area contributed by atoms with E-state index in [1.807, 2.05) is 0 Å². The summed E-state index contributed by atoms with van der Waals surface area (Å²) >= 11 is 0. The van der Waals surface area contributed by atoms with Gasteiger partial charge in [-0.05, 0) is 44.9 Å². The van der Waals surface area contributed by atoms with Gasteiger partial charge >= 0.3 is 5.69 Å². The molecule has 2 aromatic rings. The molecule has 1 aliphatic heterocycles. The molecule has 1 aromatic carbocycles. The lowest BCUT2D eigenvalue weighted by Crippen LogP contribution is -2.45. The van der Waals surface area contributed by atoms with Crippen molar-refractivity contribution < 1.29 is 4.74 Å². The van der Waals surface area contributed by atoms with Crippen molar-refractivity contribution in [3.05, 3.63) is 39.0 Å². The Bertz CT molecular complexity index is 814. The summed E-state index contributed by atoms with van der Waals surface area (Å²) in [5, 5.41) is 0.496. The van der Waals surface area contributed by atoms with E-state index >= 15 is 0 Å². The highest BCUT2D eigenvalue weighted by molar-refractivity contribution is 5.78. The van der Waals surface area contributed by atoms with E-state index in [2.05, 4.69) is 23.7 Å². The van der Waals surface area contributed by atoms with E-state index < -0.39 is 0 Å². The SMILES string of the molecule is COc1ccc2[nH]c(=O)n(C3CCN(C(C)C)CC3)c(=O)c2c1. The van der Waals surface area contributed by atoms with E-state index in [1.165, 1.54) is 4.57 Å². The van der Waals surface area contributed by atoms with Gasteiger partial charge in [0.05, 0.1) is 18.0 Å². The Morgan fingerprint density at radius 1 is 1.22 bits per heavy atom. The number of nitrogens with one attached hydrogen (secondary N) is 1. The summed E-state index contributed by atoms with van der Waals surface area (Å²) in [6.45, 7) is 6.15. The van der Waals surface area contributed by atoms with Gasteiger partial charge in [-0.3, -0.25) is 9.36 Å². The number of ether oxygens (including phenoxy) is 1. The van der Waals surface area contributed by atoms with E-state index in [4.69, 9.17) is 4.74 Å². The first-order valence-electron chi connectivity index (χ1n) is 8.08. The smallest absolute Gasteiger partial charge is 0.329 e. The average Bonchev–Trinajstić information content (AvgIpc) is 2.55. The Morgan fingerprint density at radius 3 is 2.52 bits per heavy atom. The Morgan fingerprint density at radius 2 is 1.91 bits per heavy atom. The van der Waals surface area contributed by atoms with Crippen LogP contribution in [0.1, 0.15) is 32.7 Å². The van der Waals surface area contributed by atoms with Crippen molar-refractivity contribution in [2.75, 3.05) is 20.2 Å². The first-order chi connectivity index (χ1) is 11.0. The molecule has 0 unspecified atom stereocenters. The third kappa shape index (κ3) is 2.91. The summed E-state index contributed by atoms with van der Waals surface area (Å²) < 4.78 is 6.57. The summed E-state index contributed by atoms with van der Waals surface area (Å²) in [7, 11) is 1.56. The Kier molecular flexibility index (Phi) is 4.26. The number of methoxy groups -OCH3 is 1. The number of aromatic amines is 1. The minimum absolute atomic E-state index is 0.0446. The van der Waals surface area contributed by atoms with Gasteiger partial charge in [0.25, 0.3) is 5.56 Å². The average molecular weight is 317 g/mol. The van der Waals surface area contributed by atoms with Crippen molar-refractivity contribution in [1.29, 1.82) is 0 Å². The van der Waals surface area contributed by atoms with E-state index in [-0.39, 0.29) is 17.3 Å². The highest BCUT2D eigenvalue weighted by Gasteiger charge is 2.24.